The number of aliphatic hydroxyl groups is 1. The molecule has 6 rings (SSSR count). The van der Waals surface area contributed by atoms with Gasteiger partial charge in [0.15, 0.2) is 5.78 Å². The highest BCUT2D eigenvalue weighted by molar-refractivity contribution is 6.01. The summed E-state index contributed by atoms with van der Waals surface area (Å²) < 4.78 is 2.02. The van der Waals surface area contributed by atoms with Gasteiger partial charge < -0.3 is 5.11 Å². The summed E-state index contributed by atoms with van der Waals surface area (Å²) in [6.45, 7) is 1.94. The maximum absolute atomic E-state index is 12.8. The third-order valence-corrected chi connectivity index (χ3v) is 7.97. The van der Waals surface area contributed by atoms with Crippen LogP contribution in [0.4, 0.5) is 0 Å². The quantitative estimate of drug-likeness (QED) is 0.384. The summed E-state index contributed by atoms with van der Waals surface area (Å²) in [5.74, 6) is -0.148. The number of Topliss-reactive ketones (excluding diaryl/α,β-unsaturated/α-hetero) is 1. The summed E-state index contributed by atoms with van der Waals surface area (Å²) >= 11 is 0. The second-order valence-corrected chi connectivity index (χ2v) is 9.93. The molecule has 182 valence electrons. The molecule has 0 bridgehead atoms. The molecule has 2 aliphatic carbocycles. The summed E-state index contributed by atoms with van der Waals surface area (Å²) in [7, 11) is 0. The van der Waals surface area contributed by atoms with Gasteiger partial charge in [-0.3, -0.25) is 4.79 Å². The molecular weight excluding hydrogens is 458 g/mol. The Morgan fingerprint density at radius 2 is 1.73 bits per heavy atom. The lowest BCUT2D eigenvalue weighted by Gasteiger charge is -2.37. The molecule has 3 unspecified atom stereocenters. The van der Waals surface area contributed by atoms with Crippen molar-refractivity contribution in [1.29, 1.82) is 5.26 Å². The number of aromatic nitrogens is 2. The number of hydrogen-bond acceptors (Lipinski definition) is 4. The Morgan fingerprint density at radius 1 is 1.00 bits per heavy atom. The Balaban J connectivity index is 1.52. The van der Waals surface area contributed by atoms with Gasteiger partial charge in [-0.1, -0.05) is 79.7 Å². The number of nitriles is 1. The topological polar surface area (TPSA) is 78.9 Å². The highest BCUT2D eigenvalue weighted by atomic mass is 16.3. The summed E-state index contributed by atoms with van der Waals surface area (Å²) in [6.07, 6.45) is 3.61. The van der Waals surface area contributed by atoms with Crippen LogP contribution >= 0.6 is 0 Å². The highest BCUT2D eigenvalue weighted by Crippen LogP contribution is 2.48. The zero-order chi connectivity index (χ0) is 25.5. The lowest BCUT2D eigenvalue weighted by atomic mass is 9.66. The molecule has 37 heavy (non-hydrogen) atoms. The van der Waals surface area contributed by atoms with Gasteiger partial charge in [0.1, 0.15) is 6.07 Å². The van der Waals surface area contributed by atoms with Gasteiger partial charge in [-0.15, -0.1) is 0 Å². The van der Waals surface area contributed by atoms with Gasteiger partial charge in [0, 0.05) is 23.0 Å². The van der Waals surface area contributed by atoms with Crippen LogP contribution in [0.1, 0.15) is 36.1 Å². The predicted molar refractivity (Wildman–Crippen MR) is 143 cm³/mol. The summed E-state index contributed by atoms with van der Waals surface area (Å²) in [4.78, 5) is 12.8. The number of ketones is 1. The minimum atomic E-state index is -0.196. The number of rotatable bonds is 4. The van der Waals surface area contributed by atoms with Gasteiger partial charge in [-0.25, -0.2) is 4.68 Å². The molecule has 0 spiro atoms. The number of nitrogens with zero attached hydrogens (tertiary/aromatic N) is 3. The monoisotopic (exact) mass is 485 g/mol. The molecule has 2 aliphatic rings. The maximum atomic E-state index is 12.8. The number of benzene rings is 3. The van der Waals surface area contributed by atoms with Crippen molar-refractivity contribution in [2.75, 3.05) is 0 Å². The zero-order valence-electron chi connectivity index (χ0n) is 20.6. The lowest BCUT2D eigenvalue weighted by molar-refractivity contribution is -0.120. The van der Waals surface area contributed by atoms with E-state index in [0.717, 1.165) is 52.2 Å². The fourth-order valence-electron chi connectivity index (χ4n) is 6.05. The van der Waals surface area contributed by atoms with Crippen LogP contribution in [0.2, 0.25) is 0 Å². The normalized spacial score (nSPS) is 20.5. The molecular formula is C32H27N3O2. The van der Waals surface area contributed by atoms with Crippen LogP contribution in [0.25, 0.3) is 28.1 Å². The molecule has 1 heterocycles. The molecule has 1 aromatic heterocycles. The van der Waals surface area contributed by atoms with Gasteiger partial charge in [-0.05, 0) is 47.6 Å². The Hall–Kier alpha value is -4.27. The molecule has 0 saturated heterocycles. The van der Waals surface area contributed by atoms with Crippen LogP contribution in [0.3, 0.4) is 0 Å². The van der Waals surface area contributed by atoms with Gasteiger partial charge in [0.05, 0.1) is 29.3 Å². The molecule has 3 atom stereocenters. The van der Waals surface area contributed by atoms with E-state index in [1.165, 1.54) is 5.56 Å². The fourth-order valence-corrected chi connectivity index (χ4v) is 6.05. The van der Waals surface area contributed by atoms with E-state index in [1.54, 1.807) is 0 Å². The first-order chi connectivity index (χ1) is 18.1. The molecule has 4 aromatic rings. The fraction of sp³-hybridized carbons (Fsp3) is 0.219. The number of aliphatic hydroxyl groups excluding tert-OH is 1. The predicted octanol–water partition coefficient (Wildman–Crippen LogP) is 6.01. The third kappa shape index (κ3) is 3.82. The number of fused-ring (bicyclic) bond motifs is 3. The number of carbonyl (C=O) groups excluding carboxylic acids is 1. The second-order valence-electron chi connectivity index (χ2n) is 9.93. The molecule has 5 nitrogen and oxygen atoms in total. The van der Waals surface area contributed by atoms with Gasteiger partial charge in [-0.2, -0.15) is 10.4 Å². The minimum Gasteiger partial charge on any atom is -0.392 e. The Kier molecular flexibility index (Phi) is 5.82. The van der Waals surface area contributed by atoms with E-state index in [0.29, 0.717) is 0 Å². The first kappa shape index (κ1) is 23.1. The number of hydrogen-bond donors (Lipinski definition) is 1. The average molecular weight is 486 g/mol. The molecule has 3 aromatic carbocycles. The van der Waals surface area contributed by atoms with E-state index in [9.17, 15) is 15.2 Å². The molecule has 0 aliphatic heterocycles. The number of allylic oxidation sites excluding steroid dienone is 2. The number of carbonyl (C=O) groups is 1. The van der Waals surface area contributed by atoms with Crippen molar-refractivity contribution >= 4 is 5.78 Å². The molecule has 0 saturated carbocycles. The van der Waals surface area contributed by atoms with Crippen LogP contribution in [0.5, 0.6) is 0 Å². The van der Waals surface area contributed by atoms with E-state index in [4.69, 9.17) is 5.10 Å². The summed E-state index contributed by atoms with van der Waals surface area (Å²) in [5, 5.41) is 24.6. The van der Waals surface area contributed by atoms with Gasteiger partial charge in [0.25, 0.3) is 0 Å². The SMILES string of the molecule is CC1C(=O)C(C#N)=CC2c3c(c(-c4ccccc4)nn3-c3ccc(-c4ccccc4CO)cc3)CCC12. The van der Waals surface area contributed by atoms with E-state index in [-0.39, 0.29) is 35.7 Å². The van der Waals surface area contributed by atoms with Crippen LogP contribution < -0.4 is 0 Å². The molecule has 1 N–H and O–H groups in total. The summed E-state index contributed by atoms with van der Waals surface area (Å²) in [5.41, 5.74) is 8.39. The largest absolute Gasteiger partial charge is 0.392 e. The molecule has 5 heteroatoms. The minimum absolute atomic E-state index is 0.0153. The second kappa shape index (κ2) is 9.31. The zero-order valence-corrected chi connectivity index (χ0v) is 20.6. The van der Waals surface area contributed by atoms with E-state index in [2.05, 4.69) is 42.5 Å². The van der Waals surface area contributed by atoms with Crippen LogP contribution in [-0.2, 0) is 17.8 Å². The highest BCUT2D eigenvalue weighted by Gasteiger charge is 2.43. The molecule has 0 amide bonds. The van der Waals surface area contributed by atoms with Crippen molar-refractivity contribution in [3.05, 3.63) is 107 Å². The lowest BCUT2D eigenvalue weighted by Crippen LogP contribution is -2.35. The average Bonchev–Trinajstić information content (AvgIpc) is 3.35. The van der Waals surface area contributed by atoms with Crippen LogP contribution in [0.15, 0.2) is 90.5 Å². The van der Waals surface area contributed by atoms with Crippen LogP contribution in [0, 0.1) is 23.2 Å². The van der Waals surface area contributed by atoms with E-state index in [1.807, 2.05) is 60.1 Å². The van der Waals surface area contributed by atoms with Crippen LogP contribution in [-0.4, -0.2) is 20.7 Å². The van der Waals surface area contributed by atoms with Gasteiger partial charge >= 0.3 is 0 Å². The molecule has 0 radical (unpaired) electrons. The first-order valence-electron chi connectivity index (χ1n) is 12.7. The van der Waals surface area contributed by atoms with Crippen molar-refractivity contribution in [3.8, 4) is 34.1 Å². The van der Waals surface area contributed by atoms with E-state index < -0.39 is 0 Å². The Morgan fingerprint density at radius 3 is 2.46 bits per heavy atom. The van der Waals surface area contributed by atoms with E-state index >= 15 is 0 Å². The maximum Gasteiger partial charge on any atom is 0.176 e. The standard InChI is InChI=1S/C32H27N3O2/c1-20-26-15-16-28-30(22-7-3-2-4-8-22)34-35(31(28)29(26)17-24(18-33)32(20)37)25-13-11-21(12-14-25)27-10-6-5-9-23(27)19-36/h2-14,17,20,26,29,36H,15-16,19H2,1H3. The first-order valence-corrected chi connectivity index (χ1v) is 12.7. The smallest absolute Gasteiger partial charge is 0.176 e. The van der Waals surface area contributed by atoms with Crippen molar-refractivity contribution in [2.24, 2.45) is 11.8 Å². The van der Waals surface area contributed by atoms with Crippen molar-refractivity contribution in [3.63, 3.8) is 0 Å². The third-order valence-electron chi connectivity index (χ3n) is 7.97. The van der Waals surface area contributed by atoms with Crippen molar-refractivity contribution in [1.82, 2.24) is 9.78 Å². The van der Waals surface area contributed by atoms with Gasteiger partial charge in [0.2, 0.25) is 0 Å². The Labute approximate surface area is 216 Å². The molecule has 0 fully saturated rings. The van der Waals surface area contributed by atoms with Crippen molar-refractivity contribution in [2.45, 2.75) is 32.3 Å². The summed E-state index contributed by atoms with van der Waals surface area (Å²) in [6, 6.07) is 28.4. The van der Waals surface area contributed by atoms with Crippen molar-refractivity contribution < 1.29 is 9.90 Å². The Bertz CT molecular complexity index is 1560.